The van der Waals surface area contributed by atoms with Crippen LogP contribution in [-0.4, -0.2) is 21.5 Å². The molecule has 2 N–H and O–H groups in total. The number of nitrogens with zero attached hydrogens (tertiary/aromatic N) is 1. The van der Waals surface area contributed by atoms with Gasteiger partial charge in [-0.1, -0.05) is 30.3 Å². The van der Waals surface area contributed by atoms with Gasteiger partial charge in [-0.3, -0.25) is 9.59 Å². The zero-order valence-corrected chi connectivity index (χ0v) is 16.8. The second kappa shape index (κ2) is 7.59. The Hall–Kier alpha value is -3.15. The minimum atomic E-state index is -0.169. The SMILES string of the molecule is O=C(CCc1nc2ccccc2c(=O)[nH]1)N[C@H]1CC2(CCCC2)Oc2ccccc21. The predicted octanol–water partition coefficient (Wildman–Crippen LogP) is 3.81. The van der Waals surface area contributed by atoms with Gasteiger partial charge in [0.15, 0.2) is 0 Å². The monoisotopic (exact) mass is 403 g/mol. The quantitative estimate of drug-likeness (QED) is 0.694. The molecule has 1 aliphatic heterocycles. The number of rotatable bonds is 4. The van der Waals surface area contributed by atoms with Crippen molar-refractivity contribution in [3.05, 3.63) is 70.3 Å². The van der Waals surface area contributed by atoms with Gasteiger partial charge in [0.25, 0.3) is 5.56 Å². The summed E-state index contributed by atoms with van der Waals surface area (Å²) in [5.74, 6) is 1.38. The first-order valence-corrected chi connectivity index (χ1v) is 10.7. The molecule has 0 radical (unpaired) electrons. The number of carbonyl (C=O) groups excluding carboxylic acids is 1. The van der Waals surface area contributed by atoms with E-state index in [-0.39, 0.29) is 29.5 Å². The van der Waals surface area contributed by atoms with Crippen LogP contribution >= 0.6 is 0 Å². The molecule has 6 heteroatoms. The number of hydrogen-bond donors (Lipinski definition) is 2. The van der Waals surface area contributed by atoms with Crippen molar-refractivity contribution in [3.8, 4) is 5.75 Å². The fourth-order valence-corrected chi connectivity index (χ4v) is 4.82. The molecule has 154 valence electrons. The van der Waals surface area contributed by atoms with E-state index in [4.69, 9.17) is 4.74 Å². The number of aryl methyl sites for hydroxylation is 1. The van der Waals surface area contributed by atoms with E-state index >= 15 is 0 Å². The number of H-pyrrole nitrogens is 1. The summed E-state index contributed by atoms with van der Waals surface area (Å²) >= 11 is 0. The minimum Gasteiger partial charge on any atom is -0.487 e. The molecule has 0 bridgehead atoms. The Bertz CT molecular complexity index is 1150. The summed E-state index contributed by atoms with van der Waals surface area (Å²) in [5.41, 5.74) is 1.37. The lowest BCUT2D eigenvalue weighted by atomic mass is 9.86. The molecule has 1 saturated carbocycles. The lowest BCUT2D eigenvalue weighted by Crippen LogP contribution is -2.43. The van der Waals surface area contributed by atoms with Gasteiger partial charge in [0.1, 0.15) is 17.2 Å². The zero-order valence-electron chi connectivity index (χ0n) is 16.8. The first-order valence-electron chi connectivity index (χ1n) is 10.7. The third kappa shape index (κ3) is 3.58. The van der Waals surface area contributed by atoms with E-state index in [0.717, 1.165) is 30.6 Å². The Morgan fingerprint density at radius 3 is 2.77 bits per heavy atom. The van der Waals surface area contributed by atoms with Crippen LogP contribution in [0.5, 0.6) is 5.75 Å². The van der Waals surface area contributed by atoms with Crippen LogP contribution in [0, 0.1) is 0 Å². The predicted molar refractivity (Wildman–Crippen MR) is 114 cm³/mol. The second-order valence-electron chi connectivity index (χ2n) is 8.38. The Labute approximate surface area is 174 Å². The summed E-state index contributed by atoms with van der Waals surface area (Å²) in [5, 5.41) is 3.77. The summed E-state index contributed by atoms with van der Waals surface area (Å²) < 4.78 is 6.37. The molecule has 1 aromatic heterocycles. The van der Waals surface area contributed by atoms with Gasteiger partial charge in [0.05, 0.1) is 16.9 Å². The highest BCUT2D eigenvalue weighted by atomic mass is 16.5. The van der Waals surface area contributed by atoms with Crippen LogP contribution in [0.1, 0.15) is 56.0 Å². The van der Waals surface area contributed by atoms with Crippen molar-refractivity contribution >= 4 is 16.8 Å². The molecule has 1 atom stereocenters. The molecule has 1 spiro atoms. The molecular formula is C24H25N3O3. The second-order valence-corrected chi connectivity index (χ2v) is 8.38. The van der Waals surface area contributed by atoms with E-state index < -0.39 is 0 Å². The molecule has 6 nitrogen and oxygen atoms in total. The molecule has 2 aliphatic rings. The van der Waals surface area contributed by atoms with Gasteiger partial charge in [-0.25, -0.2) is 4.98 Å². The molecule has 5 rings (SSSR count). The van der Waals surface area contributed by atoms with Gasteiger partial charge >= 0.3 is 0 Å². The van der Waals surface area contributed by atoms with E-state index in [1.807, 2.05) is 42.5 Å². The zero-order chi connectivity index (χ0) is 20.6. The number of para-hydroxylation sites is 2. The molecule has 30 heavy (non-hydrogen) atoms. The summed E-state index contributed by atoms with van der Waals surface area (Å²) in [6.07, 6.45) is 5.89. The summed E-state index contributed by atoms with van der Waals surface area (Å²) in [6.45, 7) is 0. The third-order valence-corrected chi connectivity index (χ3v) is 6.30. The van der Waals surface area contributed by atoms with Crippen molar-refractivity contribution in [2.24, 2.45) is 0 Å². The number of aromatic amines is 1. The topological polar surface area (TPSA) is 84.1 Å². The molecule has 2 heterocycles. The minimum absolute atomic E-state index is 0.0411. The standard InChI is InChI=1S/C24H25N3O3/c28-22(12-11-21-25-18-9-3-1-8-17(18)23(29)27-21)26-19-15-24(13-5-6-14-24)30-20-10-4-2-7-16(19)20/h1-4,7-10,19H,5-6,11-15H2,(H,26,28)(H,25,27,29)/t19-/m0/s1. The first-order chi connectivity index (χ1) is 14.6. The molecule has 0 unspecified atom stereocenters. The lowest BCUT2D eigenvalue weighted by molar-refractivity contribution is -0.122. The average Bonchev–Trinajstić information content (AvgIpc) is 3.19. The molecule has 2 aromatic carbocycles. The number of fused-ring (bicyclic) bond motifs is 2. The third-order valence-electron chi connectivity index (χ3n) is 6.30. The van der Waals surface area contributed by atoms with Crippen molar-refractivity contribution in [3.63, 3.8) is 0 Å². The normalized spacial score (nSPS) is 19.4. The molecule has 1 aliphatic carbocycles. The summed E-state index contributed by atoms with van der Waals surface area (Å²) in [7, 11) is 0. The van der Waals surface area contributed by atoms with Gasteiger partial charge in [0.2, 0.25) is 5.91 Å². The molecule has 3 aromatic rings. The molecule has 1 fully saturated rings. The average molecular weight is 403 g/mol. The number of carbonyl (C=O) groups is 1. The molecular weight excluding hydrogens is 378 g/mol. The fraction of sp³-hybridized carbons (Fsp3) is 0.375. The largest absolute Gasteiger partial charge is 0.487 e. The van der Waals surface area contributed by atoms with Gasteiger partial charge in [-0.2, -0.15) is 0 Å². The Balaban J connectivity index is 1.30. The van der Waals surface area contributed by atoms with E-state index in [9.17, 15) is 9.59 Å². The highest BCUT2D eigenvalue weighted by Gasteiger charge is 2.43. The van der Waals surface area contributed by atoms with Crippen molar-refractivity contribution in [2.45, 2.75) is 56.6 Å². The Morgan fingerprint density at radius 2 is 1.90 bits per heavy atom. The number of nitrogens with one attached hydrogen (secondary N) is 2. The maximum absolute atomic E-state index is 12.8. The van der Waals surface area contributed by atoms with Crippen LogP contribution in [-0.2, 0) is 11.2 Å². The lowest BCUT2D eigenvalue weighted by Gasteiger charge is -2.40. The van der Waals surface area contributed by atoms with Gasteiger partial charge in [0, 0.05) is 24.8 Å². The smallest absolute Gasteiger partial charge is 0.258 e. The van der Waals surface area contributed by atoms with E-state index in [2.05, 4.69) is 15.3 Å². The van der Waals surface area contributed by atoms with Gasteiger partial charge in [-0.05, 0) is 43.9 Å². The van der Waals surface area contributed by atoms with Crippen LogP contribution < -0.4 is 15.6 Å². The van der Waals surface area contributed by atoms with Crippen molar-refractivity contribution in [2.75, 3.05) is 0 Å². The van der Waals surface area contributed by atoms with E-state index in [1.165, 1.54) is 12.8 Å². The van der Waals surface area contributed by atoms with Crippen LogP contribution in [0.3, 0.4) is 0 Å². The highest BCUT2D eigenvalue weighted by molar-refractivity contribution is 5.78. The number of amides is 1. The van der Waals surface area contributed by atoms with E-state index in [0.29, 0.717) is 23.1 Å². The van der Waals surface area contributed by atoms with Crippen molar-refractivity contribution in [1.82, 2.24) is 15.3 Å². The Kier molecular flexibility index (Phi) is 4.77. The molecule has 0 saturated heterocycles. The Morgan fingerprint density at radius 1 is 1.13 bits per heavy atom. The fourth-order valence-electron chi connectivity index (χ4n) is 4.82. The van der Waals surface area contributed by atoms with Crippen LogP contribution in [0.25, 0.3) is 10.9 Å². The highest BCUT2D eigenvalue weighted by Crippen LogP contribution is 2.46. The maximum Gasteiger partial charge on any atom is 0.258 e. The number of ether oxygens (including phenoxy) is 1. The number of hydrogen-bond acceptors (Lipinski definition) is 4. The van der Waals surface area contributed by atoms with E-state index in [1.54, 1.807) is 6.07 Å². The van der Waals surface area contributed by atoms with Crippen molar-refractivity contribution in [1.29, 1.82) is 0 Å². The van der Waals surface area contributed by atoms with Crippen molar-refractivity contribution < 1.29 is 9.53 Å². The summed E-state index contributed by atoms with van der Waals surface area (Å²) in [4.78, 5) is 32.3. The maximum atomic E-state index is 12.8. The molecule has 1 amide bonds. The first kappa shape index (κ1) is 18.9. The van der Waals surface area contributed by atoms with Crippen LogP contribution in [0.15, 0.2) is 53.3 Å². The summed E-state index contributed by atoms with van der Waals surface area (Å²) in [6, 6.07) is 15.2. The number of benzene rings is 2. The van der Waals surface area contributed by atoms with Gasteiger partial charge < -0.3 is 15.0 Å². The van der Waals surface area contributed by atoms with Gasteiger partial charge in [-0.15, -0.1) is 0 Å². The van der Waals surface area contributed by atoms with Crippen LogP contribution in [0.4, 0.5) is 0 Å². The van der Waals surface area contributed by atoms with Crippen LogP contribution in [0.2, 0.25) is 0 Å². The number of aromatic nitrogens is 2.